The first-order valence-corrected chi connectivity index (χ1v) is 6.32. The molecular weight excluding hydrogens is 286 g/mol. The predicted octanol–water partition coefficient (Wildman–Crippen LogP) is -0.756. The lowest BCUT2D eigenvalue weighted by molar-refractivity contribution is -0.711. The molecule has 0 aromatic carbocycles. The second-order valence-corrected chi connectivity index (χ2v) is 4.40. The van der Waals surface area contributed by atoms with Gasteiger partial charge in [0.25, 0.3) is 11.8 Å². The first-order valence-electron chi connectivity index (χ1n) is 6.32. The standard InChI is InChI=1S/C10H15N5O6/c1-20-11-15(19)13-6-4-12(5-7-13)10(18)21-14-8(16)2-3-9(14)17/h2-7H2,1H3/b15-11-. The molecule has 0 aliphatic carbocycles. The maximum atomic E-state index is 11.8. The Kier molecular flexibility index (Phi) is 4.40. The van der Waals surface area contributed by atoms with Crippen molar-refractivity contribution in [3.63, 3.8) is 0 Å². The summed E-state index contributed by atoms with van der Waals surface area (Å²) < 4.78 is 0. The largest absolute Gasteiger partial charge is 0.569 e. The molecule has 0 saturated carbocycles. The van der Waals surface area contributed by atoms with Crippen molar-refractivity contribution in [2.24, 2.45) is 5.28 Å². The van der Waals surface area contributed by atoms with E-state index in [9.17, 15) is 19.6 Å². The topological polar surface area (TPSA) is 118 Å². The zero-order valence-corrected chi connectivity index (χ0v) is 11.4. The van der Waals surface area contributed by atoms with E-state index in [0.29, 0.717) is 10.0 Å². The van der Waals surface area contributed by atoms with Crippen LogP contribution >= 0.6 is 0 Å². The Balaban J connectivity index is 1.84. The van der Waals surface area contributed by atoms with Crippen molar-refractivity contribution >= 4 is 17.9 Å². The fraction of sp³-hybridized carbons (Fsp3) is 0.700. The smallest absolute Gasteiger partial charge is 0.434 e. The molecular formula is C10H15N5O6. The van der Waals surface area contributed by atoms with Crippen LogP contribution in [-0.4, -0.2) is 71.1 Å². The molecule has 2 aliphatic rings. The van der Waals surface area contributed by atoms with E-state index >= 15 is 0 Å². The average molecular weight is 301 g/mol. The van der Waals surface area contributed by atoms with Crippen molar-refractivity contribution in [3.05, 3.63) is 5.21 Å². The monoisotopic (exact) mass is 301 g/mol. The number of hydrazine groups is 1. The summed E-state index contributed by atoms with van der Waals surface area (Å²) in [7, 11) is 1.25. The molecule has 0 aromatic heterocycles. The van der Waals surface area contributed by atoms with Gasteiger partial charge in [0.15, 0.2) is 0 Å². The van der Waals surface area contributed by atoms with Crippen LogP contribution in [0.5, 0.6) is 0 Å². The van der Waals surface area contributed by atoms with Gasteiger partial charge in [-0.1, -0.05) is 0 Å². The van der Waals surface area contributed by atoms with E-state index in [-0.39, 0.29) is 39.0 Å². The Bertz CT molecular complexity index is 457. The lowest BCUT2D eigenvalue weighted by Crippen LogP contribution is -2.52. The summed E-state index contributed by atoms with van der Waals surface area (Å²) in [5.74, 6) is -1.06. The predicted molar refractivity (Wildman–Crippen MR) is 63.8 cm³/mol. The van der Waals surface area contributed by atoms with Crippen LogP contribution in [0.2, 0.25) is 0 Å². The summed E-state index contributed by atoms with van der Waals surface area (Å²) in [6.45, 7) is 0.862. The van der Waals surface area contributed by atoms with Gasteiger partial charge in [0, 0.05) is 25.9 Å². The Morgan fingerprint density at radius 1 is 1.19 bits per heavy atom. The van der Waals surface area contributed by atoms with E-state index in [1.54, 1.807) is 0 Å². The molecule has 11 heteroatoms. The molecule has 2 heterocycles. The van der Waals surface area contributed by atoms with Crippen molar-refractivity contribution in [3.8, 4) is 0 Å². The van der Waals surface area contributed by atoms with Gasteiger partial charge in [-0.2, -0.15) is 0 Å². The summed E-state index contributed by atoms with van der Waals surface area (Å²) >= 11 is 0. The molecule has 21 heavy (non-hydrogen) atoms. The van der Waals surface area contributed by atoms with Gasteiger partial charge in [-0.25, -0.2) is 4.79 Å². The summed E-state index contributed by atoms with van der Waals surface area (Å²) in [4.78, 5) is 45.3. The lowest BCUT2D eigenvalue weighted by atomic mass is 10.4. The molecule has 0 radical (unpaired) electrons. The van der Waals surface area contributed by atoms with Gasteiger partial charge in [-0.15, -0.1) is 10.1 Å². The summed E-state index contributed by atoms with van der Waals surface area (Å²) in [5, 5.41) is 16.4. The molecule has 11 nitrogen and oxygen atoms in total. The highest BCUT2D eigenvalue weighted by Crippen LogP contribution is 2.14. The van der Waals surface area contributed by atoms with Gasteiger partial charge in [-0.3, -0.25) is 9.59 Å². The van der Waals surface area contributed by atoms with Gasteiger partial charge < -0.3 is 19.8 Å². The van der Waals surface area contributed by atoms with Gasteiger partial charge >= 0.3 is 6.09 Å². The minimum atomic E-state index is -0.792. The maximum absolute atomic E-state index is 11.8. The van der Waals surface area contributed by atoms with Crippen molar-refractivity contribution in [1.82, 2.24) is 15.0 Å². The van der Waals surface area contributed by atoms with Crippen LogP contribution in [0.1, 0.15) is 12.8 Å². The van der Waals surface area contributed by atoms with Crippen LogP contribution in [0.15, 0.2) is 5.28 Å². The van der Waals surface area contributed by atoms with Gasteiger partial charge in [-0.05, 0) is 0 Å². The minimum absolute atomic E-state index is 0.0452. The van der Waals surface area contributed by atoms with Crippen molar-refractivity contribution in [1.29, 1.82) is 0 Å². The second-order valence-electron chi connectivity index (χ2n) is 4.40. The number of hydroxylamine groups is 2. The molecule has 3 amide bonds. The zero-order chi connectivity index (χ0) is 15.4. The molecule has 116 valence electrons. The summed E-state index contributed by atoms with van der Waals surface area (Å²) in [6.07, 6.45) is -0.702. The molecule has 0 N–H and O–H groups in total. The highest BCUT2D eigenvalue weighted by molar-refractivity contribution is 6.01. The first kappa shape index (κ1) is 14.8. The molecule has 0 aromatic rings. The molecule has 2 fully saturated rings. The molecule has 0 spiro atoms. The Morgan fingerprint density at radius 2 is 1.76 bits per heavy atom. The third kappa shape index (κ3) is 3.30. The summed E-state index contributed by atoms with van der Waals surface area (Å²) in [5.41, 5.74) is 0. The number of amides is 3. The number of carbonyl (C=O) groups excluding carboxylic acids is 3. The molecule has 2 saturated heterocycles. The third-order valence-electron chi connectivity index (χ3n) is 3.08. The number of rotatable bonds is 3. The lowest BCUT2D eigenvalue weighted by Gasteiger charge is -2.31. The molecule has 2 rings (SSSR count). The van der Waals surface area contributed by atoms with Crippen molar-refractivity contribution in [2.45, 2.75) is 12.8 Å². The second kappa shape index (κ2) is 6.24. The minimum Gasteiger partial charge on any atom is -0.569 e. The Morgan fingerprint density at radius 3 is 2.29 bits per heavy atom. The highest BCUT2D eigenvalue weighted by atomic mass is 16.7. The number of hydrogen-bond acceptors (Lipinski definition) is 7. The van der Waals surface area contributed by atoms with E-state index in [2.05, 4.69) is 10.1 Å². The number of nitrogens with zero attached hydrogens (tertiary/aromatic N) is 5. The third-order valence-corrected chi connectivity index (χ3v) is 3.08. The molecule has 2 aliphatic heterocycles. The fourth-order valence-corrected chi connectivity index (χ4v) is 1.96. The molecule has 0 unspecified atom stereocenters. The molecule has 0 bridgehead atoms. The van der Waals surface area contributed by atoms with Gasteiger partial charge in [0.2, 0.25) is 5.28 Å². The van der Waals surface area contributed by atoms with E-state index in [1.807, 2.05) is 0 Å². The van der Waals surface area contributed by atoms with Crippen LogP contribution in [-0.2, 0) is 19.3 Å². The SMILES string of the molecule is CO/N=[N+](\[O-])N1CCN(C(=O)ON2C(=O)CCC2=O)CC1. The highest BCUT2D eigenvalue weighted by Gasteiger charge is 2.35. The normalized spacial score (nSPS) is 20.0. The zero-order valence-electron chi connectivity index (χ0n) is 11.4. The Labute approximate surface area is 119 Å². The number of hydrogen-bond donors (Lipinski definition) is 0. The van der Waals surface area contributed by atoms with E-state index < -0.39 is 17.9 Å². The van der Waals surface area contributed by atoms with Gasteiger partial charge in [0.05, 0.1) is 18.1 Å². The van der Waals surface area contributed by atoms with Crippen LogP contribution in [0.25, 0.3) is 0 Å². The summed E-state index contributed by atoms with van der Waals surface area (Å²) in [6, 6.07) is 0. The van der Waals surface area contributed by atoms with Crippen LogP contribution < -0.4 is 0 Å². The van der Waals surface area contributed by atoms with Crippen molar-refractivity contribution in [2.75, 3.05) is 33.3 Å². The number of piperazine rings is 1. The van der Waals surface area contributed by atoms with Gasteiger partial charge in [0.1, 0.15) is 7.11 Å². The first-order chi connectivity index (χ1) is 10.0. The number of carbonyl (C=O) groups is 3. The number of imide groups is 1. The Hall–Kier alpha value is -2.59. The van der Waals surface area contributed by atoms with E-state index in [0.717, 1.165) is 0 Å². The van der Waals surface area contributed by atoms with Crippen LogP contribution in [0.3, 0.4) is 0 Å². The average Bonchev–Trinajstić information content (AvgIpc) is 2.79. The van der Waals surface area contributed by atoms with E-state index in [4.69, 9.17) is 4.84 Å². The maximum Gasteiger partial charge on any atom is 0.434 e. The molecule has 0 atom stereocenters. The van der Waals surface area contributed by atoms with E-state index in [1.165, 1.54) is 17.0 Å². The van der Waals surface area contributed by atoms with Crippen molar-refractivity contribution < 1.29 is 29.0 Å². The fourth-order valence-electron chi connectivity index (χ4n) is 1.96. The van der Waals surface area contributed by atoms with Crippen LogP contribution in [0.4, 0.5) is 4.79 Å². The van der Waals surface area contributed by atoms with Crippen LogP contribution in [0, 0.1) is 5.21 Å². The quantitative estimate of drug-likeness (QED) is 0.291.